The van der Waals surface area contributed by atoms with E-state index in [-0.39, 0.29) is 0 Å². The van der Waals surface area contributed by atoms with Crippen LogP contribution in [-0.2, 0) is 6.54 Å². The molecule has 0 fully saturated rings. The van der Waals surface area contributed by atoms with E-state index in [0.29, 0.717) is 6.54 Å². The monoisotopic (exact) mass is 295 g/mol. The van der Waals surface area contributed by atoms with Crippen molar-refractivity contribution in [3.05, 3.63) is 53.4 Å². The summed E-state index contributed by atoms with van der Waals surface area (Å²) in [5.74, 6) is 1.75. The molecule has 0 aliphatic heterocycles. The molecule has 3 heterocycles. The molecule has 4 nitrogen and oxygen atoms in total. The number of aromatic nitrogens is 2. The number of aryl methyl sites for hydroxylation is 1. The Morgan fingerprint density at radius 2 is 2.10 bits per heavy atom. The molecule has 4 rings (SSSR count). The molecule has 1 N–H and O–H groups in total. The second-order valence-electron chi connectivity index (χ2n) is 4.90. The molecule has 0 saturated carbocycles. The van der Waals surface area contributed by atoms with Crippen LogP contribution in [0, 0.1) is 6.92 Å². The molecule has 4 aromatic rings. The summed E-state index contributed by atoms with van der Waals surface area (Å²) >= 11 is 1.68. The zero-order valence-corrected chi connectivity index (χ0v) is 12.3. The van der Waals surface area contributed by atoms with Crippen LogP contribution in [0.25, 0.3) is 21.2 Å². The molecule has 0 radical (unpaired) electrons. The fraction of sp³-hybridized carbons (Fsp3) is 0.125. The number of nitrogens with one attached hydrogen (secondary N) is 1. The Balaban J connectivity index is 1.63. The van der Waals surface area contributed by atoms with Gasteiger partial charge in [0, 0.05) is 10.3 Å². The third kappa shape index (κ3) is 2.25. The Kier molecular flexibility index (Phi) is 2.86. The summed E-state index contributed by atoms with van der Waals surface area (Å²) in [4.78, 5) is 10.9. The predicted octanol–water partition coefficient (Wildman–Crippen LogP) is 4.36. The van der Waals surface area contributed by atoms with E-state index in [2.05, 4.69) is 34.3 Å². The van der Waals surface area contributed by atoms with Crippen molar-refractivity contribution >= 4 is 38.3 Å². The van der Waals surface area contributed by atoms with Gasteiger partial charge in [0.05, 0.1) is 11.9 Å². The van der Waals surface area contributed by atoms with Gasteiger partial charge in [-0.25, -0.2) is 9.97 Å². The molecule has 5 heteroatoms. The van der Waals surface area contributed by atoms with Crippen LogP contribution < -0.4 is 5.32 Å². The molecule has 0 aliphatic rings. The van der Waals surface area contributed by atoms with Crippen molar-refractivity contribution in [2.24, 2.45) is 0 Å². The van der Waals surface area contributed by atoms with E-state index < -0.39 is 0 Å². The van der Waals surface area contributed by atoms with Gasteiger partial charge in [0.25, 0.3) is 0 Å². The van der Waals surface area contributed by atoms with Crippen LogP contribution in [0.5, 0.6) is 0 Å². The molecule has 0 aliphatic carbocycles. The van der Waals surface area contributed by atoms with Crippen molar-refractivity contribution < 1.29 is 4.42 Å². The number of anilines is 1. The number of nitrogens with zero attached hydrogens (tertiary/aromatic N) is 2. The Morgan fingerprint density at radius 3 is 3.00 bits per heavy atom. The standard InChI is InChI=1S/C16H13N3OS/c1-10-6-13-15(18-9-19-16(13)21-10)17-8-12-7-11-4-2-3-5-14(11)20-12/h2-7,9H,8H2,1H3,(H,17,18,19). The summed E-state index contributed by atoms with van der Waals surface area (Å²) in [6.07, 6.45) is 1.60. The first kappa shape index (κ1) is 12.3. The van der Waals surface area contributed by atoms with E-state index in [1.165, 1.54) is 4.88 Å². The Hall–Kier alpha value is -2.40. The lowest BCUT2D eigenvalue weighted by Crippen LogP contribution is -2.00. The first-order chi connectivity index (χ1) is 10.3. The highest BCUT2D eigenvalue weighted by Crippen LogP contribution is 2.28. The molecule has 0 bridgehead atoms. The summed E-state index contributed by atoms with van der Waals surface area (Å²) in [5.41, 5.74) is 0.911. The van der Waals surface area contributed by atoms with Crippen LogP contribution in [0.3, 0.4) is 0 Å². The summed E-state index contributed by atoms with van der Waals surface area (Å²) in [5, 5.41) is 5.52. The predicted molar refractivity (Wildman–Crippen MR) is 85.7 cm³/mol. The highest BCUT2D eigenvalue weighted by atomic mass is 32.1. The molecule has 104 valence electrons. The van der Waals surface area contributed by atoms with Gasteiger partial charge in [-0.2, -0.15) is 0 Å². The van der Waals surface area contributed by atoms with Crippen LogP contribution in [0.2, 0.25) is 0 Å². The van der Waals surface area contributed by atoms with Gasteiger partial charge in [0.2, 0.25) is 0 Å². The Morgan fingerprint density at radius 1 is 1.19 bits per heavy atom. The number of benzene rings is 1. The number of furan rings is 1. The fourth-order valence-electron chi connectivity index (χ4n) is 2.41. The number of thiophene rings is 1. The van der Waals surface area contributed by atoms with Crippen molar-refractivity contribution in [1.82, 2.24) is 9.97 Å². The maximum absolute atomic E-state index is 5.80. The van der Waals surface area contributed by atoms with Gasteiger partial charge < -0.3 is 9.73 Å². The molecular formula is C16H13N3OS. The molecule has 1 aromatic carbocycles. The Bertz CT molecular complexity index is 892. The van der Waals surface area contributed by atoms with E-state index in [9.17, 15) is 0 Å². The minimum atomic E-state index is 0.607. The smallest absolute Gasteiger partial charge is 0.138 e. The van der Waals surface area contributed by atoms with Gasteiger partial charge in [-0.3, -0.25) is 0 Å². The molecule has 0 atom stereocenters. The van der Waals surface area contributed by atoms with Crippen LogP contribution in [0.15, 0.2) is 47.1 Å². The first-order valence-corrected chi connectivity index (χ1v) is 7.54. The van der Waals surface area contributed by atoms with E-state index in [1.807, 2.05) is 24.3 Å². The number of para-hydroxylation sites is 1. The number of hydrogen-bond acceptors (Lipinski definition) is 5. The summed E-state index contributed by atoms with van der Waals surface area (Å²) in [7, 11) is 0. The van der Waals surface area contributed by atoms with Gasteiger partial charge in [-0.05, 0) is 25.1 Å². The van der Waals surface area contributed by atoms with E-state index >= 15 is 0 Å². The van der Waals surface area contributed by atoms with Crippen LogP contribution in [-0.4, -0.2) is 9.97 Å². The van der Waals surface area contributed by atoms with Gasteiger partial charge >= 0.3 is 0 Å². The average molecular weight is 295 g/mol. The van der Waals surface area contributed by atoms with Gasteiger partial charge in [0.1, 0.15) is 28.3 Å². The molecule has 0 amide bonds. The first-order valence-electron chi connectivity index (χ1n) is 6.72. The zero-order valence-electron chi connectivity index (χ0n) is 11.5. The van der Waals surface area contributed by atoms with E-state index in [0.717, 1.165) is 32.8 Å². The van der Waals surface area contributed by atoms with Crippen molar-refractivity contribution in [2.45, 2.75) is 13.5 Å². The lowest BCUT2D eigenvalue weighted by molar-refractivity contribution is 0.559. The van der Waals surface area contributed by atoms with Crippen LogP contribution >= 0.6 is 11.3 Å². The number of fused-ring (bicyclic) bond motifs is 2. The molecule has 0 saturated heterocycles. The quantitative estimate of drug-likeness (QED) is 0.610. The van der Waals surface area contributed by atoms with Crippen molar-refractivity contribution in [3.8, 4) is 0 Å². The number of hydrogen-bond donors (Lipinski definition) is 1. The third-order valence-corrected chi connectivity index (χ3v) is 4.32. The zero-order chi connectivity index (χ0) is 14.2. The molecule has 0 spiro atoms. The normalized spacial score (nSPS) is 11.3. The van der Waals surface area contributed by atoms with Crippen LogP contribution in [0.4, 0.5) is 5.82 Å². The summed E-state index contributed by atoms with van der Waals surface area (Å²) in [6.45, 7) is 2.69. The van der Waals surface area contributed by atoms with Gasteiger partial charge in [0.15, 0.2) is 0 Å². The van der Waals surface area contributed by atoms with Crippen molar-refractivity contribution in [2.75, 3.05) is 5.32 Å². The minimum Gasteiger partial charge on any atom is -0.459 e. The topological polar surface area (TPSA) is 51.0 Å². The van der Waals surface area contributed by atoms with Gasteiger partial charge in [-0.1, -0.05) is 18.2 Å². The average Bonchev–Trinajstić information content (AvgIpc) is 3.06. The lowest BCUT2D eigenvalue weighted by atomic mass is 10.2. The fourth-order valence-corrected chi connectivity index (χ4v) is 3.26. The lowest BCUT2D eigenvalue weighted by Gasteiger charge is -2.03. The Labute approximate surface area is 125 Å². The molecule has 3 aromatic heterocycles. The SMILES string of the molecule is Cc1cc2c(NCc3cc4ccccc4o3)ncnc2s1. The number of rotatable bonds is 3. The van der Waals surface area contributed by atoms with Crippen molar-refractivity contribution in [3.63, 3.8) is 0 Å². The highest BCUT2D eigenvalue weighted by Gasteiger charge is 2.08. The maximum Gasteiger partial charge on any atom is 0.138 e. The summed E-state index contributed by atoms with van der Waals surface area (Å²) < 4.78 is 5.80. The third-order valence-electron chi connectivity index (χ3n) is 3.36. The van der Waals surface area contributed by atoms with Gasteiger partial charge in [-0.15, -0.1) is 11.3 Å². The summed E-state index contributed by atoms with van der Waals surface area (Å²) in [6, 6.07) is 12.2. The molecule has 21 heavy (non-hydrogen) atoms. The van der Waals surface area contributed by atoms with Crippen molar-refractivity contribution in [1.29, 1.82) is 0 Å². The van der Waals surface area contributed by atoms with E-state index in [1.54, 1.807) is 17.7 Å². The van der Waals surface area contributed by atoms with E-state index in [4.69, 9.17) is 4.42 Å². The second kappa shape index (κ2) is 4.86. The second-order valence-corrected chi connectivity index (χ2v) is 6.14. The maximum atomic E-state index is 5.80. The molecule has 0 unspecified atom stereocenters. The van der Waals surface area contributed by atoms with Crippen LogP contribution in [0.1, 0.15) is 10.6 Å². The largest absolute Gasteiger partial charge is 0.459 e. The minimum absolute atomic E-state index is 0.607. The molecular weight excluding hydrogens is 282 g/mol. The highest BCUT2D eigenvalue weighted by molar-refractivity contribution is 7.18.